The average molecular weight is 186 g/mol. The van der Waals surface area contributed by atoms with Crippen LogP contribution in [0.2, 0.25) is 0 Å². The molecular weight excluding hydrogens is 168 g/mol. The summed E-state index contributed by atoms with van der Waals surface area (Å²) in [5, 5.41) is 19.0. The van der Waals surface area contributed by atoms with Crippen LogP contribution in [-0.4, -0.2) is 33.6 Å². The molecule has 0 aromatic carbocycles. The summed E-state index contributed by atoms with van der Waals surface area (Å²) in [7, 11) is 0. The molecule has 0 saturated heterocycles. The van der Waals surface area contributed by atoms with Gasteiger partial charge in [-0.1, -0.05) is 0 Å². The molecule has 2 saturated carbocycles. The highest BCUT2D eigenvalue weighted by molar-refractivity contribution is 5.09. The van der Waals surface area contributed by atoms with Crippen molar-refractivity contribution in [3.8, 4) is 0 Å². The van der Waals surface area contributed by atoms with Gasteiger partial charge < -0.3 is 14.9 Å². The quantitative estimate of drug-likeness (QED) is 0.683. The van der Waals surface area contributed by atoms with Crippen LogP contribution < -0.4 is 0 Å². The van der Waals surface area contributed by atoms with Gasteiger partial charge in [0.15, 0.2) is 0 Å². The zero-order valence-corrected chi connectivity index (χ0v) is 8.29. The van der Waals surface area contributed by atoms with Crippen molar-refractivity contribution >= 4 is 0 Å². The normalized spacial score (nSPS) is 32.3. The van der Waals surface area contributed by atoms with Crippen LogP contribution in [0.1, 0.15) is 39.5 Å². The number of rotatable bonds is 4. The topological polar surface area (TPSA) is 49.7 Å². The molecule has 76 valence electrons. The molecule has 0 aromatic rings. The van der Waals surface area contributed by atoms with Gasteiger partial charge in [-0.2, -0.15) is 0 Å². The smallest absolute Gasteiger partial charge is 0.0948 e. The van der Waals surface area contributed by atoms with Crippen molar-refractivity contribution in [1.82, 2.24) is 0 Å². The van der Waals surface area contributed by atoms with Gasteiger partial charge in [-0.15, -0.1) is 0 Å². The summed E-state index contributed by atoms with van der Waals surface area (Å²) in [4.78, 5) is 0. The van der Waals surface area contributed by atoms with E-state index in [0.29, 0.717) is 0 Å². The minimum absolute atomic E-state index is 0.326. The molecule has 13 heavy (non-hydrogen) atoms. The van der Waals surface area contributed by atoms with Gasteiger partial charge in [0.05, 0.1) is 23.4 Å². The Bertz CT molecular complexity index is 180. The zero-order valence-electron chi connectivity index (χ0n) is 8.29. The molecule has 0 heterocycles. The van der Waals surface area contributed by atoms with Gasteiger partial charge in [-0.25, -0.2) is 0 Å². The fourth-order valence-corrected chi connectivity index (χ4v) is 1.86. The maximum Gasteiger partial charge on any atom is 0.0948 e. The highest BCUT2D eigenvalue weighted by atomic mass is 16.6. The first kappa shape index (κ1) is 9.44. The first-order chi connectivity index (χ1) is 6.01. The van der Waals surface area contributed by atoms with Crippen molar-refractivity contribution in [2.75, 3.05) is 0 Å². The second kappa shape index (κ2) is 2.69. The lowest BCUT2D eigenvalue weighted by Crippen LogP contribution is -2.39. The minimum Gasteiger partial charge on any atom is -0.390 e. The standard InChI is InChI=1S/C10H18O3/c1-7(11)9(3-4-9)13-10(5-6-10)8(2)12/h7-8,11-12H,3-6H2,1-2H3. The summed E-state index contributed by atoms with van der Waals surface area (Å²) in [6, 6.07) is 0. The monoisotopic (exact) mass is 186 g/mol. The Morgan fingerprint density at radius 1 is 0.923 bits per heavy atom. The van der Waals surface area contributed by atoms with E-state index in [2.05, 4.69) is 0 Å². The number of aliphatic hydroxyl groups excluding tert-OH is 2. The second-order valence-electron chi connectivity index (χ2n) is 4.58. The van der Waals surface area contributed by atoms with E-state index in [1.165, 1.54) is 0 Å². The van der Waals surface area contributed by atoms with Gasteiger partial charge >= 0.3 is 0 Å². The molecule has 0 aliphatic heterocycles. The summed E-state index contributed by atoms with van der Waals surface area (Å²) >= 11 is 0. The molecule has 3 heteroatoms. The van der Waals surface area contributed by atoms with Crippen LogP contribution in [0.25, 0.3) is 0 Å². The lowest BCUT2D eigenvalue weighted by atomic mass is 10.1. The molecule has 2 aliphatic carbocycles. The Morgan fingerprint density at radius 3 is 1.38 bits per heavy atom. The third kappa shape index (κ3) is 1.49. The SMILES string of the molecule is CC(O)C1(OC2(C(C)O)CC2)CC1. The van der Waals surface area contributed by atoms with E-state index in [-0.39, 0.29) is 11.2 Å². The van der Waals surface area contributed by atoms with E-state index in [0.717, 1.165) is 25.7 Å². The van der Waals surface area contributed by atoms with E-state index in [4.69, 9.17) is 4.74 Å². The summed E-state index contributed by atoms with van der Waals surface area (Å²) in [6.07, 6.45) is 2.89. The number of hydrogen-bond acceptors (Lipinski definition) is 3. The van der Waals surface area contributed by atoms with Gasteiger partial charge in [-0.05, 0) is 39.5 Å². The molecule has 2 unspecified atom stereocenters. The largest absolute Gasteiger partial charge is 0.390 e. The molecule has 0 radical (unpaired) electrons. The van der Waals surface area contributed by atoms with Crippen LogP contribution in [0.5, 0.6) is 0 Å². The molecular formula is C10H18O3. The van der Waals surface area contributed by atoms with Crippen LogP contribution in [0, 0.1) is 0 Å². The first-order valence-electron chi connectivity index (χ1n) is 5.07. The summed E-state index contributed by atoms with van der Waals surface area (Å²) in [6.45, 7) is 3.54. The number of aliphatic hydroxyl groups is 2. The predicted molar refractivity (Wildman–Crippen MR) is 48.4 cm³/mol. The Balaban J connectivity index is 1.98. The molecule has 3 nitrogen and oxygen atoms in total. The molecule has 0 spiro atoms. The second-order valence-corrected chi connectivity index (χ2v) is 4.58. The summed E-state index contributed by atoms with van der Waals surface area (Å²) in [5.74, 6) is 0. The Labute approximate surface area is 78.7 Å². The fourth-order valence-electron chi connectivity index (χ4n) is 1.86. The van der Waals surface area contributed by atoms with Gasteiger partial charge in [-0.3, -0.25) is 0 Å². The highest BCUT2D eigenvalue weighted by Crippen LogP contribution is 2.53. The van der Waals surface area contributed by atoms with Gasteiger partial charge in [0.2, 0.25) is 0 Å². The molecule has 2 N–H and O–H groups in total. The minimum atomic E-state index is -0.413. The van der Waals surface area contributed by atoms with Crippen LogP contribution in [0.15, 0.2) is 0 Å². The lowest BCUT2D eigenvalue weighted by molar-refractivity contribution is -0.138. The van der Waals surface area contributed by atoms with Crippen LogP contribution >= 0.6 is 0 Å². The van der Waals surface area contributed by atoms with E-state index >= 15 is 0 Å². The van der Waals surface area contributed by atoms with Gasteiger partial charge in [0, 0.05) is 0 Å². The van der Waals surface area contributed by atoms with E-state index in [1.807, 2.05) is 0 Å². The van der Waals surface area contributed by atoms with Crippen LogP contribution in [0.4, 0.5) is 0 Å². The lowest BCUT2D eigenvalue weighted by Gasteiger charge is -2.28. The van der Waals surface area contributed by atoms with Gasteiger partial charge in [0.1, 0.15) is 0 Å². The van der Waals surface area contributed by atoms with Gasteiger partial charge in [0.25, 0.3) is 0 Å². The average Bonchev–Trinajstić information content (AvgIpc) is 2.86. The van der Waals surface area contributed by atoms with Crippen molar-refractivity contribution in [2.45, 2.75) is 62.9 Å². The fraction of sp³-hybridized carbons (Fsp3) is 1.00. The molecule has 0 bridgehead atoms. The predicted octanol–water partition coefficient (Wildman–Crippen LogP) is 0.830. The third-order valence-corrected chi connectivity index (χ3v) is 3.41. The first-order valence-corrected chi connectivity index (χ1v) is 5.07. The Morgan fingerprint density at radius 2 is 1.23 bits per heavy atom. The molecule has 0 amide bonds. The van der Waals surface area contributed by atoms with Crippen LogP contribution in [0.3, 0.4) is 0 Å². The molecule has 2 fully saturated rings. The molecule has 2 rings (SSSR count). The maximum absolute atomic E-state index is 9.51. The molecule has 2 aliphatic rings. The van der Waals surface area contributed by atoms with Crippen molar-refractivity contribution in [2.24, 2.45) is 0 Å². The van der Waals surface area contributed by atoms with Crippen molar-refractivity contribution in [3.05, 3.63) is 0 Å². The van der Waals surface area contributed by atoms with Crippen molar-refractivity contribution in [1.29, 1.82) is 0 Å². The third-order valence-electron chi connectivity index (χ3n) is 3.41. The van der Waals surface area contributed by atoms with Crippen LogP contribution in [-0.2, 0) is 4.74 Å². The van der Waals surface area contributed by atoms with E-state index in [1.54, 1.807) is 13.8 Å². The maximum atomic E-state index is 9.51. The van der Waals surface area contributed by atoms with Crippen molar-refractivity contribution in [3.63, 3.8) is 0 Å². The number of ether oxygens (including phenoxy) is 1. The number of hydrogen-bond donors (Lipinski definition) is 2. The zero-order chi connectivity index (χ0) is 9.69. The highest BCUT2D eigenvalue weighted by Gasteiger charge is 2.59. The Hall–Kier alpha value is -0.120. The summed E-state index contributed by atoms with van der Waals surface area (Å²) in [5.41, 5.74) is -0.652. The van der Waals surface area contributed by atoms with Crippen molar-refractivity contribution < 1.29 is 14.9 Å². The molecule has 0 aromatic heterocycles. The van der Waals surface area contributed by atoms with E-state index < -0.39 is 12.2 Å². The Kier molecular flexibility index (Phi) is 1.95. The van der Waals surface area contributed by atoms with E-state index in [9.17, 15) is 10.2 Å². The molecule has 2 atom stereocenters. The summed E-state index contributed by atoms with van der Waals surface area (Å²) < 4.78 is 5.87.